The summed E-state index contributed by atoms with van der Waals surface area (Å²) >= 11 is 0. The summed E-state index contributed by atoms with van der Waals surface area (Å²) in [6.07, 6.45) is 5.01. The molecule has 1 aromatic carbocycles. The van der Waals surface area contributed by atoms with Gasteiger partial charge in [-0.3, -0.25) is 4.99 Å². The molecule has 1 saturated heterocycles. The molecular weight excluding hydrogens is 340 g/mol. The summed E-state index contributed by atoms with van der Waals surface area (Å²) in [5, 5.41) is 3.01. The monoisotopic (exact) mass is 366 g/mol. The molecule has 0 bridgehead atoms. The van der Waals surface area contributed by atoms with Gasteiger partial charge in [-0.15, -0.1) is 0 Å². The number of amidine groups is 1. The second kappa shape index (κ2) is 7.42. The zero-order valence-electron chi connectivity index (χ0n) is 15.9. The molecule has 0 aliphatic carbocycles. The van der Waals surface area contributed by atoms with Crippen molar-refractivity contribution in [3.63, 3.8) is 0 Å². The SMILES string of the molecule is CC[C@@H]1CN2C=NC(N3CCN(C(=O)Nc4ccccc4C)CC3)=CC2=N1. The number of aliphatic imine (C=N–C) groups is 2. The standard InChI is InChI=1S/C20H26N6O/c1-3-16-13-26-14-21-18(12-19(26)22-16)24-8-10-25(11-9-24)20(27)23-17-7-5-4-6-15(17)2/h4-7,12,14,16H,3,8-11,13H2,1-2H3,(H,23,27)/t16-/m1/s1. The van der Waals surface area contributed by atoms with Crippen LogP contribution in [0.2, 0.25) is 0 Å². The molecule has 0 aromatic heterocycles. The van der Waals surface area contributed by atoms with Crippen LogP contribution in [0.15, 0.2) is 46.1 Å². The number of aryl methyl sites for hydroxylation is 1. The molecule has 7 heteroatoms. The van der Waals surface area contributed by atoms with Gasteiger partial charge in [0.2, 0.25) is 0 Å². The van der Waals surface area contributed by atoms with Gasteiger partial charge in [-0.2, -0.15) is 0 Å². The predicted molar refractivity (Wildman–Crippen MR) is 108 cm³/mol. The highest BCUT2D eigenvalue weighted by molar-refractivity contribution is 6.03. The van der Waals surface area contributed by atoms with E-state index >= 15 is 0 Å². The van der Waals surface area contributed by atoms with E-state index < -0.39 is 0 Å². The normalized spacial score (nSPS) is 21.7. The van der Waals surface area contributed by atoms with E-state index in [0.717, 1.165) is 49.0 Å². The van der Waals surface area contributed by atoms with E-state index in [1.54, 1.807) is 0 Å². The Kier molecular flexibility index (Phi) is 4.83. The van der Waals surface area contributed by atoms with E-state index in [1.165, 1.54) is 0 Å². The van der Waals surface area contributed by atoms with E-state index in [2.05, 4.69) is 33.1 Å². The third-order valence-electron chi connectivity index (χ3n) is 5.35. The average Bonchev–Trinajstić information content (AvgIpc) is 3.12. The molecule has 3 heterocycles. The molecule has 7 nitrogen and oxygen atoms in total. The second-order valence-electron chi connectivity index (χ2n) is 7.17. The van der Waals surface area contributed by atoms with Crippen LogP contribution in [0.1, 0.15) is 18.9 Å². The molecule has 1 atom stereocenters. The van der Waals surface area contributed by atoms with Gasteiger partial charge in [0.05, 0.1) is 12.4 Å². The number of carbonyl (C=O) groups is 1. The third kappa shape index (κ3) is 3.67. The quantitative estimate of drug-likeness (QED) is 0.894. The number of hydrogen-bond acceptors (Lipinski definition) is 5. The minimum absolute atomic E-state index is 0.0396. The van der Waals surface area contributed by atoms with Crippen LogP contribution in [0, 0.1) is 6.92 Å². The summed E-state index contributed by atoms with van der Waals surface area (Å²) in [4.78, 5) is 28.1. The summed E-state index contributed by atoms with van der Waals surface area (Å²) < 4.78 is 0. The number of rotatable bonds is 3. The number of piperazine rings is 1. The molecule has 0 spiro atoms. The topological polar surface area (TPSA) is 63.5 Å². The maximum atomic E-state index is 12.5. The highest BCUT2D eigenvalue weighted by Crippen LogP contribution is 2.20. The first kappa shape index (κ1) is 17.6. The lowest BCUT2D eigenvalue weighted by Gasteiger charge is -2.36. The molecular formula is C20H26N6O. The molecule has 0 saturated carbocycles. The van der Waals surface area contributed by atoms with E-state index in [4.69, 9.17) is 4.99 Å². The van der Waals surface area contributed by atoms with Gasteiger partial charge in [-0.05, 0) is 25.0 Å². The van der Waals surface area contributed by atoms with Gasteiger partial charge in [0, 0.05) is 44.5 Å². The van der Waals surface area contributed by atoms with Gasteiger partial charge in [-0.25, -0.2) is 9.79 Å². The van der Waals surface area contributed by atoms with Crippen LogP contribution in [-0.2, 0) is 0 Å². The Labute approximate surface area is 160 Å². The molecule has 27 heavy (non-hydrogen) atoms. The van der Waals surface area contributed by atoms with Crippen molar-refractivity contribution in [3.8, 4) is 0 Å². The number of urea groups is 1. The molecule has 1 aromatic rings. The minimum atomic E-state index is -0.0396. The number of carbonyl (C=O) groups excluding carboxylic acids is 1. The average molecular weight is 366 g/mol. The molecule has 4 rings (SSSR count). The van der Waals surface area contributed by atoms with Crippen molar-refractivity contribution in [2.45, 2.75) is 26.3 Å². The largest absolute Gasteiger partial charge is 0.353 e. The Morgan fingerprint density at radius 3 is 2.74 bits per heavy atom. The lowest BCUT2D eigenvalue weighted by molar-refractivity contribution is 0.167. The lowest BCUT2D eigenvalue weighted by atomic mass is 10.2. The van der Waals surface area contributed by atoms with Crippen LogP contribution in [0.3, 0.4) is 0 Å². The van der Waals surface area contributed by atoms with Crippen molar-refractivity contribution in [2.24, 2.45) is 9.98 Å². The molecule has 0 unspecified atom stereocenters. The maximum absolute atomic E-state index is 12.5. The number of benzene rings is 1. The second-order valence-corrected chi connectivity index (χ2v) is 7.17. The molecule has 2 amide bonds. The summed E-state index contributed by atoms with van der Waals surface area (Å²) in [6.45, 7) is 7.99. The van der Waals surface area contributed by atoms with Crippen LogP contribution < -0.4 is 5.32 Å². The molecule has 3 aliphatic heterocycles. The zero-order valence-corrected chi connectivity index (χ0v) is 15.9. The lowest BCUT2D eigenvalue weighted by Crippen LogP contribution is -2.50. The molecule has 3 aliphatic rings. The number of anilines is 1. The first-order valence-corrected chi connectivity index (χ1v) is 9.61. The van der Waals surface area contributed by atoms with Crippen LogP contribution >= 0.6 is 0 Å². The Hall–Kier alpha value is -2.83. The Bertz CT molecular complexity index is 806. The smallest absolute Gasteiger partial charge is 0.321 e. The van der Waals surface area contributed by atoms with Crippen molar-refractivity contribution in [1.29, 1.82) is 0 Å². The fourth-order valence-electron chi connectivity index (χ4n) is 3.57. The molecule has 1 fully saturated rings. The number of para-hydroxylation sites is 1. The van der Waals surface area contributed by atoms with Gasteiger partial charge < -0.3 is 20.0 Å². The van der Waals surface area contributed by atoms with Gasteiger partial charge in [0.1, 0.15) is 11.7 Å². The van der Waals surface area contributed by atoms with E-state index in [-0.39, 0.29) is 6.03 Å². The number of nitrogens with one attached hydrogen (secondary N) is 1. The number of fused-ring (bicyclic) bond motifs is 1. The fourth-order valence-corrected chi connectivity index (χ4v) is 3.57. The minimum Gasteiger partial charge on any atom is -0.353 e. The maximum Gasteiger partial charge on any atom is 0.321 e. The number of nitrogens with zero attached hydrogens (tertiary/aromatic N) is 5. The van der Waals surface area contributed by atoms with Crippen molar-refractivity contribution in [2.75, 3.05) is 38.0 Å². The Balaban J connectivity index is 1.35. The molecule has 142 valence electrons. The van der Waals surface area contributed by atoms with E-state index in [9.17, 15) is 4.79 Å². The van der Waals surface area contributed by atoms with Gasteiger partial charge in [-0.1, -0.05) is 25.1 Å². The van der Waals surface area contributed by atoms with Crippen molar-refractivity contribution < 1.29 is 4.79 Å². The Morgan fingerprint density at radius 1 is 1.22 bits per heavy atom. The van der Waals surface area contributed by atoms with Crippen molar-refractivity contribution in [1.82, 2.24) is 14.7 Å². The Morgan fingerprint density at radius 2 is 2.00 bits per heavy atom. The van der Waals surface area contributed by atoms with Crippen LogP contribution in [0.4, 0.5) is 10.5 Å². The molecule has 1 N–H and O–H groups in total. The summed E-state index contributed by atoms with van der Waals surface area (Å²) in [7, 11) is 0. The number of amides is 2. The number of hydrogen-bond donors (Lipinski definition) is 1. The summed E-state index contributed by atoms with van der Waals surface area (Å²) in [6, 6.07) is 8.17. The van der Waals surface area contributed by atoms with Crippen LogP contribution in [0.25, 0.3) is 0 Å². The van der Waals surface area contributed by atoms with Gasteiger partial charge in [0.15, 0.2) is 0 Å². The first-order valence-electron chi connectivity index (χ1n) is 9.61. The van der Waals surface area contributed by atoms with Gasteiger partial charge in [0.25, 0.3) is 0 Å². The van der Waals surface area contributed by atoms with Crippen molar-refractivity contribution >= 4 is 23.9 Å². The van der Waals surface area contributed by atoms with Gasteiger partial charge >= 0.3 is 6.03 Å². The zero-order chi connectivity index (χ0) is 18.8. The first-order chi connectivity index (χ1) is 13.1. The summed E-state index contributed by atoms with van der Waals surface area (Å²) in [5.74, 6) is 1.95. The third-order valence-corrected chi connectivity index (χ3v) is 5.35. The summed E-state index contributed by atoms with van der Waals surface area (Å²) in [5.41, 5.74) is 1.94. The fraction of sp³-hybridized carbons (Fsp3) is 0.450. The highest BCUT2D eigenvalue weighted by atomic mass is 16.2. The predicted octanol–water partition coefficient (Wildman–Crippen LogP) is 2.52. The van der Waals surface area contributed by atoms with Crippen molar-refractivity contribution in [3.05, 3.63) is 41.7 Å². The van der Waals surface area contributed by atoms with Crippen LogP contribution in [0.5, 0.6) is 0 Å². The molecule has 0 radical (unpaired) electrons. The van der Waals surface area contributed by atoms with Crippen LogP contribution in [-0.4, -0.2) is 71.7 Å². The van der Waals surface area contributed by atoms with E-state index in [1.807, 2.05) is 42.4 Å². The van der Waals surface area contributed by atoms with E-state index in [0.29, 0.717) is 19.1 Å². The highest BCUT2D eigenvalue weighted by Gasteiger charge is 2.27.